The lowest BCUT2D eigenvalue weighted by Gasteiger charge is -2.14. The summed E-state index contributed by atoms with van der Waals surface area (Å²) in [6, 6.07) is 27.1. The SMILES string of the molecule is c1ccc(-c2ccncc2-n2cccc2-c2ccccc2)cc1. The summed E-state index contributed by atoms with van der Waals surface area (Å²) in [4.78, 5) is 4.34. The summed E-state index contributed by atoms with van der Waals surface area (Å²) in [5, 5.41) is 0. The van der Waals surface area contributed by atoms with Crippen LogP contribution in [0, 0.1) is 0 Å². The van der Waals surface area contributed by atoms with Gasteiger partial charge in [0.2, 0.25) is 0 Å². The predicted molar refractivity (Wildman–Crippen MR) is 94.4 cm³/mol. The van der Waals surface area contributed by atoms with E-state index in [1.807, 2.05) is 24.5 Å². The first-order chi connectivity index (χ1) is 11.4. The molecule has 0 radical (unpaired) electrons. The second-order valence-corrected chi connectivity index (χ2v) is 5.39. The molecule has 23 heavy (non-hydrogen) atoms. The predicted octanol–water partition coefficient (Wildman–Crippen LogP) is 5.21. The molecule has 2 aromatic heterocycles. The van der Waals surface area contributed by atoms with Crippen LogP contribution in [-0.4, -0.2) is 9.55 Å². The largest absolute Gasteiger partial charge is 0.314 e. The monoisotopic (exact) mass is 296 g/mol. The fourth-order valence-corrected chi connectivity index (χ4v) is 2.88. The first kappa shape index (κ1) is 13.5. The Bertz CT molecular complexity index is 909. The Hall–Kier alpha value is -3.13. The summed E-state index contributed by atoms with van der Waals surface area (Å²) in [5.74, 6) is 0. The topological polar surface area (TPSA) is 17.8 Å². The van der Waals surface area contributed by atoms with Gasteiger partial charge in [0.1, 0.15) is 0 Å². The van der Waals surface area contributed by atoms with Crippen molar-refractivity contribution in [2.24, 2.45) is 0 Å². The van der Waals surface area contributed by atoms with Crippen molar-refractivity contribution in [3.63, 3.8) is 0 Å². The summed E-state index contributed by atoms with van der Waals surface area (Å²) in [5.41, 5.74) is 5.81. The van der Waals surface area contributed by atoms with Crippen molar-refractivity contribution in [3.05, 3.63) is 97.5 Å². The second kappa shape index (κ2) is 5.93. The van der Waals surface area contributed by atoms with Gasteiger partial charge < -0.3 is 4.57 Å². The van der Waals surface area contributed by atoms with Crippen molar-refractivity contribution in [1.82, 2.24) is 9.55 Å². The molecule has 0 aliphatic carbocycles. The highest BCUT2D eigenvalue weighted by Crippen LogP contribution is 2.30. The molecular formula is C21H16N2. The molecule has 0 bridgehead atoms. The van der Waals surface area contributed by atoms with E-state index in [-0.39, 0.29) is 0 Å². The third kappa shape index (κ3) is 2.55. The molecule has 4 rings (SSSR count). The number of benzene rings is 2. The van der Waals surface area contributed by atoms with Crippen LogP contribution in [-0.2, 0) is 0 Å². The lowest BCUT2D eigenvalue weighted by molar-refractivity contribution is 1.07. The number of aromatic nitrogens is 2. The van der Waals surface area contributed by atoms with Crippen LogP contribution in [0.2, 0.25) is 0 Å². The van der Waals surface area contributed by atoms with Crippen LogP contribution < -0.4 is 0 Å². The Morgan fingerprint density at radius 3 is 2.09 bits per heavy atom. The molecular weight excluding hydrogens is 280 g/mol. The van der Waals surface area contributed by atoms with Crippen molar-refractivity contribution in [2.75, 3.05) is 0 Å². The van der Waals surface area contributed by atoms with Crippen LogP contribution in [0.5, 0.6) is 0 Å². The van der Waals surface area contributed by atoms with E-state index in [4.69, 9.17) is 0 Å². The highest BCUT2D eigenvalue weighted by atomic mass is 15.0. The highest BCUT2D eigenvalue weighted by molar-refractivity contribution is 5.75. The molecule has 0 N–H and O–H groups in total. The average molecular weight is 296 g/mol. The summed E-state index contributed by atoms with van der Waals surface area (Å²) < 4.78 is 2.20. The summed E-state index contributed by atoms with van der Waals surface area (Å²) in [7, 11) is 0. The molecule has 0 saturated heterocycles. The van der Waals surface area contributed by atoms with Crippen molar-refractivity contribution in [1.29, 1.82) is 0 Å². The van der Waals surface area contributed by atoms with Gasteiger partial charge in [0.25, 0.3) is 0 Å². The summed E-state index contributed by atoms with van der Waals surface area (Å²) in [6.45, 7) is 0. The van der Waals surface area contributed by atoms with Crippen LogP contribution in [0.3, 0.4) is 0 Å². The van der Waals surface area contributed by atoms with Crippen LogP contribution in [0.25, 0.3) is 28.1 Å². The minimum Gasteiger partial charge on any atom is -0.314 e. The van der Waals surface area contributed by atoms with Gasteiger partial charge in [-0.25, -0.2) is 0 Å². The first-order valence-electron chi connectivity index (χ1n) is 7.66. The maximum Gasteiger partial charge on any atom is 0.0718 e. The Kier molecular flexibility index (Phi) is 3.49. The standard InChI is InChI=1S/C21H16N2/c1-3-8-17(9-4-1)19-13-14-22-16-21(19)23-15-7-12-20(23)18-10-5-2-6-11-18/h1-16H. The van der Waals surface area contributed by atoms with Crippen molar-refractivity contribution in [2.45, 2.75) is 0 Å². The summed E-state index contributed by atoms with van der Waals surface area (Å²) >= 11 is 0. The number of nitrogens with zero attached hydrogens (tertiary/aromatic N) is 2. The molecule has 0 unspecified atom stereocenters. The lowest BCUT2D eigenvalue weighted by atomic mass is 10.0. The van der Waals surface area contributed by atoms with E-state index in [9.17, 15) is 0 Å². The van der Waals surface area contributed by atoms with Gasteiger partial charge in [0, 0.05) is 18.0 Å². The number of hydrogen-bond donors (Lipinski definition) is 0. The third-order valence-corrected chi connectivity index (χ3v) is 3.96. The van der Waals surface area contributed by atoms with Crippen LogP contribution in [0.15, 0.2) is 97.5 Å². The molecule has 0 aliphatic rings. The van der Waals surface area contributed by atoms with E-state index < -0.39 is 0 Å². The normalized spacial score (nSPS) is 10.6. The number of pyridine rings is 1. The van der Waals surface area contributed by atoms with E-state index in [0.29, 0.717) is 0 Å². The van der Waals surface area contributed by atoms with E-state index in [1.54, 1.807) is 0 Å². The molecule has 0 saturated carbocycles. The number of hydrogen-bond acceptors (Lipinski definition) is 1. The molecule has 2 aromatic carbocycles. The van der Waals surface area contributed by atoms with Gasteiger partial charge in [-0.2, -0.15) is 0 Å². The highest BCUT2D eigenvalue weighted by Gasteiger charge is 2.10. The fourth-order valence-electron chi connectivity index (χ4n) is 2.88. The molecule has 2 heteroatoms. The van der Waals surface area contributed by atoms with E-state index in [1.165, 1.54) is 16.7 Å². The molecule has 2 nitrogen and oxygen atoms in total. The molecule has 0 spiro atoms. The maximum atomic E-state index is 4.34. The van der Waals surface area contributed by atoms with Gasteiger partial charge in [0.05, 0.1) is 17.6 Å². The van der Waals surface area contributed by atoms with Crippen molar-refractivity contribution in [3.8, 4) is 28.1 Å². The van der Waals surface area contributed by atoms with Crippen molar-refractivity contribution < 1.29 is 0 Å². The zero-order valence-electron chi connectivity index (χ0n) is 12.6. The van der Waals surface area contributed by atoms with E-state index >= 15 is 0 Å². The van der Waals surface area contributed by atoms with Gasteiger partial charge in [-0.3, -0.25) is 4.98 Å². The molecule has 0 amide bonds. The smallest absolute Gasteiger partial charge is 0.0718 e. The Morgan fingerprint density at radius 2 is 1.35 bits per heavy atom. The Balaban J connectivity index is 1.90. The van der Waals surface area contributed by atoms with Gasteiger partial charge in [-0.15, -0.1) is 0 Å². The Labute approximate surface area is 135 Å². The minimum atomic E-state index is 1.09. The lowest BCUT2D eigenvalue weighted by Crippen LogP contribution is -1.98. The average Bonchev–Trinajstić information content (AvgIpc) is 3.13. The van der Waals surface area contributed by atoms with Crippen LogP contribution >= 0.6 is 0 Å². The van der Waals surface area contributed by atoms with E-state index in [0.717, 1.165) is 11.4 Å². The molecule has 110 valence electrons. The third-order valence-electron chi connectivity index (χ3n) is 3.96. The van der Waals surface area contributed by atoms with Gasteiger partial charge in [-0.05, 0) is 29.3 Å². The van der Waals surface area contributed by atoms with Crippen molar-refractivity contribution >= 4 is 0 Å². The summed E-state index contributed by atoms with van der Waals surface area (Å²) in [6.07, 6.45) is 5.86. The van der Waals surface area contributed by atoms with E-state index in [2.05, 4.69) is 82.5 Å². The molecule has 0 fully saturated rings. The fraction of sp³-hybridized carbons (Fsp3) is 0. The number of rotatable bonds is 3. The van der Waals surface area contributed by atoms with Crippen LogP contribution in [0.1, 0.15) is 0 Å². The van der Waals surface area contributed by atoms with Gasteiger partial charge >= 0.3 is 0 Å². The van der Waals surface area contributed by atoms with Gasteiger partial charge in [0.15, 0.2) is 0 Å². The molecule has 0 atom stereocenters. The molecule has 0 aliphatic heterocycles. The molecule has 4 aromatic rings. The first-order valence-corrected chi connectivity index (χ1v) is 7.66. The zero-order valence-corrected chi connectivity index (χ0v) is 12.6. The van der Waals surface area contributed by atoms with Gasteiger partial charge in [-0.1, -0.05) is 60.7 Å². The van der Waals surface area contributed by atoms with Crippen LogP contribution in [0.4, 0.5) is 0 Å². The quantitative estimate of drug-likeness (QED) is 0.507. The second-order valence-electron chi connectivity index (χ2n) is 5.39. The molecule has 2 heterocycles. The minimum absolute atomic E-state index is 1.09. The zero-order chi connectivity index (χ0) is 15.5. The Morgan fingerprint density at radius 1 is 0.652 bits per heavy atom. The maximum absolute atomic E-state index is 4.34.